The van der Waals surface area contributed by atoms with Crippen molar-refractivity contribution in [3.8, 4) is 0 Å². The van der Waals surface area contributed by atoms with E-state index < -0.39 is 0 Å². The smallest absolute Gasteiger partial charge is 0.0306 e. The van der Waals surface area contributed by atoms with E-state index in [1.165, 1.54) is 25.4 Å². The van der Waals surface area contributed by atoms with Crippen LogP contribution in [-0.2, 0) is 6.54 Å². The second-order valence-electron chi connectivity index (χ2n) is 4.56. The lowest BCUT2D eigenvalue weighted by Gasteiger charge is -2.15. The van der Waals surface area contributed by atoms with E-state index in [1.54, 1.807) is 0 Å². The maximum Gasteiger partial charge on any atom is 0.0306 e. The molecule has 0 fully saturated rings. The first-order valence-electron chi connectivity index (χ1n) is 6.11. The Kier molecular flexibility index (Phi) is 4.60. The fourth-order valence-corrected chi connectivity index (χ4v) is 3.63. The number of thiophene rings is 1. The molecule has 1 N–H and O–H groups in total. The van der Waals surface area contributed by atoms with Crippen LogP contribution in [0.3, 0.4) is 0 Å². The minimum Gasteiger partial charge on any atom is -0.306 e. The van der Waals surface area contributed by atoms with Crippen molar-refractivity contribution < 1.29 is 0 Å². The number of rotatable bonds is 4. The van der Waals surface area contributed by atoms with Gasteiger partial charge < -0.3 is 5.32 Å². The van der Waals surface area contributed by atoms with Gasteiger partial charge in [0, 0.05) is 26.8 Å². The van der Waals surface area contributed by atoms with E-state index in [1.807, 2.05) is 17.4 Å². The number of hydrogen-bond donors (Lipinski definition) is 1. The lowest BCUT2D eigenvalue weighted by Crippen LogP contribution is -2.18. The molecule has 18 heavy (non-hydrogen) atoms. The standard InChI is InChI=1S/C15H18BrNS/c1-10-8-13(12(3)18-10)9-17-11(2)14-6-4-5-7-15(14)16/h4-8,11,17H,9H2,1-3H3/t11-/m1/s1. The van der Waals surface area contributed by atoms with Crippen LogP contribution in [0, 0.1) is 13.8 Å². The number of aryl methyl sites for hydroxylation is 2. The summed E-state index contributed by atoms with van der Waals surface area (Å²) in [5.41, 5.74) is 2.72. The van der Waals surface area contributed by atoms with Crippen LogP contribution < -0.4 is 5.32 Å². The number of halogens is 1. The van der Waals surface area contributed by atoms with Crippen LogP contribution in [0.1, 0.15) is 33.8 Å². The molecule has 96 valence electrons. The molecule has 0 aliphatic heterocycles. The molecule has 0 saturated heterocycles. The fraction of sp³-hybridized carbons (Fsp3) is 0.333. The Hall–Kier alpha value is -0.640. The summed E-state index contributed by atoms with van der Waals surface area (Å²) in [7, 11) is 0. The third-order valence-corrected chi connectivity index (χ3v) is 4.84. The summed E-state index contributed by atoms with van der Waals surface area (Å²) in [5.74, 6) is 0. The van der Waals surface area contributed by atoms with E-state index >= 15 is 0 Å². The SMILES string of the molecule is Cc1cc(CN[C@H](C)c2ccccc2Br)c(C)s1. The summed E-state index contributed by atoms with van der Waals surface area (Å²) in [6, 6.07) is 11.0. The molecule has 1 atom stereocenters. The van der Waals surface area contributed by atoms with Gasteiger partial charge in [0.05, 0.1) is 0 Å². The zero-order chi connectivity index (χ0) is 13.1. The van der Waals surface area contributed by atoms with Gasteiger partial charge in [-0.15, -0.1) is 11.3 Å². The largest absolute Gasteiger partial charge is 0.306 e. The first-order valence-corrected chi connectivity index (χ1v) is 7.72. The second-order valence-corrected chi connectivity index (χ2v) is 6.88. The number of benzene rings is 1. The first-order chi connectivity index (χ1) is 8.58. The summed E-state index contributed by atoms with van der Waals surface area (Å²) < 4.78 is 1.17. The molecule has 0 amide bonds. The van der Waals surface area contributed by atoms with E-state index in [4.69, 9.17) is 0 Å². The topological polar surface area (TPSA) is 12.0 Å². The van der Waals surface area contributed by atoms with Crippen LogP contribution >= 0.6 is 27.3 Å². The average Bonchev–Trinajstić information content (AvgIpc) is 2.65. The quantitative estimate of drug-likeness (QED) is 0.836. The Morgan fingerprint density at radius 1 is 1.28 bits per heavy atom. The predicted molar refractivity (Wildman–Crippen MR) is 83.2 cm³/mol. The molecule has 0 saturated carbocycles. The predicted octanol–water partition coefficient (Wildman–Crippen LogP) is 4.98. The van der Waals surface area contributed by atoms with Crippen LogP contribution in [0.2, 0.25) is 0 Å². The number of hydrogen-bond acceptors (Lipinski definition) is 2. The third-order valence-electron chi connectivity index (χ3n) is 3.11. The average molecular weight is 324 g/mol. The highest BCUT2D eigenvalue weighted by Crippen LogP contribution is 2.24. The molecule has 2 aromatic rings. The molecule has 0 aliphatic carbocycles. The van der Waals surface area contributed by atoms with Gasteiger partial charge in [0.2, 0.25) is 0 Å². The van der Waals surface area contributed by atoms with Gasteiger partial charge in [-0.1, -0.05) is 34.1 Å². The van der Waals surface area contributed by atoms with Crippen molar-refractivity contribution in [1.82, 2.24) is 5.32 Å². The van der Waals surface area contributed by atoms with Crippen LogP contribution in [0.5, 0.6) is 0 Å². The molecule has 0 aliphatic rings. The summed E-state index contributed by atoms with van der Waals surface area (Å²) in [6.07, 6.45) is 0. The van der Waals surface area contributed by atoms with E-state index in [-0.39, 0.29) is 0 Å². The third kappa shape index (κ3) is 3.22. The molecule has 2 rings (SSSR count). The Bertz CT molecular complexity index is 533. The van der Waals surface area contributed by atoms with Crippen molar-refractivity contribution >= 4 is 27.3 Å². The first kappa shape index (κ1) is 13.8. The zero-order valence-electron chi connectivity index (χ0n) is 11.0. The lowest BCUT2D eigenvalue weighted by atomic mass is 10.1. The summed E-state index contributed by atoms with van der Waals surface area (Å²) in [4.78, 5) is 2.80. The number of nitrogens with one attached hydrogen (secondary N) is 1. The molecule has 3 heteroatoms. The Morgan fingerprint density at radius 2 is 2.00 bits per heavy atom. The van der Waals surface area contributed by atoms with Crippen molar-refractivity contribution in [1.29, 1.82) is 0 Å². The second kappa shape index (κ2) is 6.00. The minimum atomic E-state index is 0.347. The van der Waals surface area contributed by atoms with E-state index in [0.29, 0.717) is 6.04 Å². The Labute approximate surface area is 121 Å². The van der Waals surface area contributed by atoms with Gasteiger partial charge in [-0.3, -0.25) is 0 Å². The van der Waals surface area contributed by atoms with Gasteiger partial charge in [0.1, 0.15) is 0 Å². The van der Waals surface area contributed by atoms with Crippen molar-refractivity contribution in [3.63, 3.8) is 0 Å². The molecule has 0 unspecified atom stereocenters. The van der Waals surface area contributed by atoms with Gasteiger partial charge in [-0.2, -0.15) is 0 Å². The summed E-state index contributed by atoms with van der Waals surface area (Å²) in [5, 5.41) is 3.59. The van der Waals surface area contributed by atoms with Crippen LogP contribution in [-0.4, -0.2) is 0 Å². The van der Waals surface area contributed by atoms with Crippen LogP contribution in [0.25, 0.3) is 0 Å². The summed E-state index contributed by atoms with van der Waals surface area (Å²) in [6.45, 7) is 7.49. The van der Waals surface area contributed by atoms with E-state index in [9.17, 15) is 0 Å². The van der Waals surface area contributed by atoms with Gasteiger partial charge in [-0.25, -0.2) is 0 Å². The minimum absolute atomic E-state index is 0.347. The molecular formula is C15H18BrNS. The van der Waals surface area contributed by atoms with Gasteiger partial charge in [-0.05, 0) is 44.0 Å². The van der Waals surface area contributed by atoms with Crippen molar-refractivity contribution in [2.45, 2.75) is 33.4 Å². The van der Waals surface area contributed by atoms with E-state index in [2.05, 4.69) is 66.3 Å². The van der Waals surface area contributed by atoms with Crippen molar-refractivity contribution in [2.75, 3.05) is 0 Å². The molecule has 1 aromatic heterocycles. The highest BCUT2D eigenvalue weighted by atomic mass is 79.9. The maximum atomic E-state index is 3.60. The molecule has 1 heterocycles. The van der Waals surface area contributed by atoms with Crippen molar-refractivity contribution in [3.05, 3.63) is 55.7 Å². The molecule has 0 spiro atoms. The molecule has 1 aromatic carbocycles. The van der Waals surface area contributed by atoms with Gasteiger partial charge in [0.15, 0.2) is 0 Å². The zero-order valence-corrected chi connectivity index (χ0v) is 13.4. The molecular weight excluding hydrogens is 306 g/mol. The monoisotopic (exact) mass is 323 g/mol. The normalized spacial score (nSPS) is 12.7. The highest BCUT2D eigenvalue weighted by molar-refractivity contribution is 9.10. The Balaban J connectivity index is 2.03. The van der Waals surface area contributed by atoms with Gasteiger partial charge >= 0.3 is 0 Å². The van der Waals surface area contributed by atoms with Crippen LogP contribution in [0.4, 0.5) is 0 Å². The molecule has 0 bridgehead atoms. The lowest BCUT2D eigenvalue weighted by molar-refractivity contribution is 0.572. The van der Waals surface area contributed by atoms with Gasteiger partial charge in [0.25, 0.3) is 0 Å². The molecule has 0 radical (unpaired) electrons. The van der Waals surface area contributed by atoms with E-state index in [0.717, 1.165) is 6.54 Å². The highest BCUT2D eigenvalue weighted by Gasteiger charge is 2.09. The van der Waals surface area contributed by atoms with Crippen molar-refractivity contribution in [2.24, 2.45) is 0 Å². The maximum absolute atomic E-state index is 3.60. The Morgan fingerprint density at radius 3 is 2.61 bits per heavy atom. The van der Waals surface area contributed by atoms with Crippen LogP contribution in [0.15, 0.2) is 34.8 Å². The molecule has 1 nitrogen and oxygen atoms in total. The summed E-state index contributed by atoms with van der Waals surface area (Å²) >= 11 is 5.47. The fourth-order valence-electron chi connectivity index (χ4n) is 2.06.